The van der Waals surface area contributed by atoms with Crippen molar-refractivity contribution in [3.8, 4) is 5.75 Å². The number of rotatable bonds is 8. The monoisotopic (exact) mass is 354 g/mol. The number of carbonyl (C=O) groups excluding carboxylic acids is 2. The Bertz CT molecular complexity index is 756. The summed E-state index contributed by atoms with van der Waals surface area (Å²) in [5, 5.41) is 5.66. The first-order valence-electron chi connectivity index (χ1n) is 8.94. The van der Waals surface area contributed by atoms with Gasteiger partial charge in [0.1, 0.15) is 5.75 Å². The lowest BCUT2D eigenvalue weighted by Gasteiger charge is -2.11. The predicted octanol–water partition coefficient (Wildman–Crippen LogP) is 4.26. The summed E-state index contributed by atoms with van der Waals surface area (Å²) in [5.74, 6) is 0.269. The first kappa shape index (κ1) is 19.5. The van der Waals surface area contributed by atoms with Crippen LogP contribution in [0, 0.1) is 0 Å². The molecule has 0 atom stereocenters. The van der Waals surface area contributed by atoms with Crippen LogP contribution in [0.4, 0.5) is 5.69 Å². The van der Waals surface area contributed by atoms with E-state index < -0.39 is 0 Å². The normalized spacial score (nSPS) is 10.5. The van der Waals surface area contributed by atoms with Crippen LogP contribution in [0.2, 0.25) is 0 Å². The summed E-state index contributed by atoms with van der Waals surface area (Å²) in [6.07, 6.45) is 2.03. The van der Waals surface area contributed by atoms with E-state index in [2.05, 4.69) is 17.6 Å². The summed E-state index contributed by atoms with van der Waals surface area (Å²) in [4.78, 5) is 24.6. The lowest BCUT2D eigenvalue weighted by molar-refractivity contribution is 0.0942. The maximum atomic E-state index is 12.5. The molecule has 2 N–H and O–H groups in total. The van der Waals surface area contributed by atoms with Crippen LogP contribution in [0.5, 0.6) is 5.75 Å². The fraction of sp³-hybridized carbons (Fsp3) is 0.333. The molecule has 0 heterocycles. The van der Waals surface area contributed by atoms with Gasteiger partial charge in [0.15, 0.2) is 0 Å². The van der Waals surface area contributed by atoms with Gasteiger partial charge < -0.3 is 15.4 Å². The van der Waals surface area contributed by atoms with E-state index in [1.165, 1.54) is 0 Å². The molecule has 0 aliphatic heterocycles. The Hall–Kier alpha value is -2.82. The maximum Gasteiger partial charge on any atom is 0.255 e. The molecular formula is C21H26N2O3. The van der Waals surface area contributed by atoms with Crippen molar-refractivity contribution in [3.63, 3.8) is 0 Å². The number of hydrogen-bond donors (Lipinski definition) is 2. The van der Waals surface area contributed by atoms with Gasteiger partial charge in [0.05, 0.1) is 6.61 Å². The molecule has 2 aromatic carbocycles. The van der Waals surface area contributed by atoms with Gasteiger partial charge in [-0.25, -0.2) is 0 Å². The molecular weight excluding hydrogens is 328 g/mol. The van der Waals surface area contributed by atoms with Crippen molar-refractivity contribution in [1.82, 2.24) is 5.32 Å². The van der Waals surface area contributed by atoms with Gasteiger partial charge in [-0.15, -0.1) is 0 Å². The molecule has 2 amide bonds. The Morgan fingerprint density at radius 3 is 2.38 bits per heavy atom. The van der Waals surface area contributed by atoms with Crippen LogP contribution in [0.3, 0.4) is 0 Å². The van der Waals surface area contributed by atoms with Crippen molar-refractivity contribution in [2.45, 2.75) is 39.7 Å². The van der Waals surface area contributed by atoms with Crippen LogP contribution in [0.15, 0.2) is 48.5 Å². The number of amides is 2. The van der Waals surface area contributed by atoms with Crippen LogP contribution in [0.25, 0.3) is 0 Å². The molecule has 0 aliphatic rings. The molecule has 0 saturated carbocycles. The van der Waals surface area contributed by atoms with Crippen LogP contribution < -0.4 is 15.4 Å². The molecule has 2 aromatic rings. The van der Waals surface area contributed by atoms with Gasteiger partial charge in [0.2, 0.25) is 0 Å². The number of anilines is 1. The minimum absolute atomic E-state index is 0.0520. The quantitative estimate of drug-likeness (QED) is 0.696. The average Bonchev–Trinajstić information content (AvgIpc) is 2.62. The Morgan fingerprint density at radius 2 is 1.69 bits per heavy atom. The Morgan fingerprint density at radius 1 is 1.00 bits per heavy atom. The van der Waals surface area contributed by atoms with Crippen molar-refractivity contribution >= 4 is 17.5 Å². The highest BCUT2D eigenvalue weighted by atomic mass is 16.5. The molecule has 0 unspecified atom stereocenters. The predicted molar refractivity (Wildman–Crippen MR) is 104 cm³/mol. The molecule has 2 rings (SSSR count). The second kappa shape index (κ2) is 9.61. The molecule has 0 aromatic heterocycles. The third-order valence-corrected chi connectivity index (χ3v) is 3.67. The van der Waals surface area contributed by atoms with Crippen molar-refractivity contribution in [2.24, 2.45) is 0 Å². The third-order valence-electron chi connectivity index (χ3n) is 3.67. The second-order valence-electron chi connectivity index (χ2n) is 6.39. The fourth-order valence-corrected chi connectivity index (χ4v) is 2.35. The zero-order chi connectivity index (χ0) is 18.9. The molecule has 26 heavy (non-hydrogen) atoms. The Kier molecular flexibility index (Phi) is 7.21. The molecule has 5 heteroatoms. The number of hydrogen-bond acceptors (Lipinski definition) is 3. The standard InChI is InChI=1S/C21H26N2O3/c1-4-5-12-26-19-11-7-9-17(14-19)21(25)23-18-10-6-8-16(13-18)20(24)22-15(2)3/h6-11,13-15H,4-5,12H2,1-3H3,(H,22,24)(H,23,25). The van der Waals surface area contributed by atoms with E-state index in [0.717, 1.165) is 12.8 Å². The van der Waals surface area contributed by atoms with Gasteiger partial charge in [-0.05, 0) is 56.7 Å². The second-order valence-corrected chi connectivity index (χ2v) is 6.39. The zero-order valence-electron chi connectivity index (χ0n) is 15.5. The van der Waals surface area contributed by atoms with Crippen molar-refractivity contribution in [1.29, 1.82) is 0 Å². The van der Waals surface area contributed by atoms with Crippen LogP contribution in [-0.2, 0) is 0 Å². The number of ether oxygens (including phenoxy) is 1. The first-order valence-corrected chi connectivity index (χ1v) is 8.94. The lowest BCUT2D eigenvalue weighted by Crippen LogP contribution is -2.30. The largest absolute Gasteiger partial charge is 0.494 e. The minimum Gasteiger partial charge on any atom is -0.494 e. The maximum absolute atomic E-state index is 12.5. The summed E-state index contributed by atoms with van der Waals surface area (Å²) in [6, 6.07) is 14.0. The smallest absolute Gasteiger partial charge is 0.255 e. The summed E-state index contributed by atoms with van der Waals surface area (Å²) >= 11 is 0. The number of carbonyl (C=O) groups is 2. The molecule has 5 nitrogen and oxygen atoms in total. The van der Waals surface area contributed by atoms with E-state index >= 15 is 0 Å². The summed E-state index contributed by atoms with van der Waals surface area (Å²) in [6.45, 7) is 6.54. The third kappa shape index (κ3) is 5.92. The van der Waals surface area contributed by atoms with Crippen molar-refractivity contribution in [2.75, 3.05) is 11.9 Å². The molecule has 0 spiro atoms. The molecule has 0 bridgehead atoms. The number of benzene rings is 2. The highest BCUT2D eigenvalue weighted by molar-refractivity contribution is 6.05. The molecule has 0 aliphatic carbocycles. The summed E-state index contributed by atoms with van der Waals surface area (Å²) in [7, 11) is 0. The van der Waals surface area contributed by atoms with Gasteiger partial charge in [0, 0.05) is 22.9 Å². The lowest BCUT2D eigenvalue weighted by atomic mass is 10.1. The zero-order valence-corrected chi connectivity index (χ0v) is 15.5. The van der Waals surface area contributed by atoms with E-state index in [9.17, 15) is 9.59 Å². The average molecular weight is 354 g/mol. The molecule has 0 saturated heterocycles. The molecule has 138 valence electrons. The van der Waals surface area contributed by atoms with Gasteiger partial charge in [-0.3, -0.25) is 9.59 Å². The van der Waals surface area contributed by atoms with E-state index in [-0.39, 0.29) is 17.9 Å². The van der Waals surface area contributed by atoms with Gasteiger partial charge in [0.25, 0.3) is 11.8 Å². The van der Waals surface area contributed by atoms with Gasteiger partial charge in [-0.2, -0.15) is 0 Å². The SMILES string of the molecule is CCCCOc1cccc(C(=O)Nc2cccc(C(=O)NC(C)C)c2)c1. The number of unbranched alkanes of at least 4 members (excludes halogenated alkanes) is 1. The van der Waals surface area contributed by atoms with Crippen LogP contribution in [0.1, 0.15) is 54.3 Å². The van der Waals surface area contributed by atoms with Gasteiger partial charge in [-0.1, -0.05) is 25.5 Å². The van der Waals surface area contributed by atoms with Crippen molar-refractivity contribution < 1.29 is 14.3 Å². The fourth-order valence-electron chi connectivity index (χ4n) is 2.35. The topological polar surface area (TPSA) is 67.4 Å². The highest BCUT2D eigenvalue weighted by Gasteiger charge is 2.10. The summed E-state index contributed by atoms with van der Waals surface area (Å²) in [5.41, 5.74) is 1.59. The Balaban J connectivity index is 2.05. The van der Waals surface area contributed by atoms with E-state index in [4.69, 9.17) is 4.74 Å². The van der Waals surface area contributed by atoms with Crippen LogP contribution >= 0.6 is 0 Å². The number of nitrogens with one attached hydrogen (secondary N) is 2. The van der Waals surface area contributed by atoms with Crippen molar-refractivity contribution in [3.05, 3.63) is 59.7 Å². The first-order chi connectivity index (χ1) is 12.5. The van der Waals surface area contributed by atoms with Crippen LogP contribution in [-0.4, -0.2) is 24.5 Å². The van der Waals surface area contributed by atoms with E-state index in [0.29, 0.717) is 29.2 Å². The van der Waals surface area contributed by atoms with E-state index in [1.807, 2.05) is 19.9 Å². The highest BCUT2D eigenvalue weighted by Crippen LogP contribution is 2.17. The molecule has 0 fully saturated rings. The van der Waals surface area contributed by atoms with E-state index in [1.54, 1.807) is 42.5 Å². The minimum atomic E-state index is -0.243. The van der Waals surface area contributed by atoms with Gasteiger partial charge >= 0.3 is 0 Å². The summed E-state index contributed by atoms with van der Waals surface area (Å²) < 4.78 is 5.64. The Labute approximate surface area is 154 Å². The molecule has 0 radical (unpaired) electrons.